The molecule has 1 aromatic rings. The van der Waals surface area contributed by atoms with Gasteiger partial charge in [0.2, 0.25) is 0 Å². The van der Waals surface area contributed by atoms with Crippen molar-refractivity contribution in [1.82, 2.24) is 4.98 Å². The Morgan fingerprint density at radius 3 is 2.75 bits per heavy atom. The molecule has 0 bridgehead atoms. The summed E-state index contributed by atoms with van der Waals surface area (Å²) in [5, 5.41) is 9.60. The number of aromatic nitrogens is 1. The molecule has 2 atom stereocenters. The standard InChI is InChI=1S/C9H13NO2/c1-7(12-2)9(11)8-5-3-4-6-10-8/h3-7,9,11H,1-2H3/t7-,9-/m0/s1. The van der Waals surface area contributed by atoms with E-state index in [-0.39, 0.29) is 6.10 Å². The van der Waals surface area contributed by atoms with Crippen LogP contribution in [0, 0.1) is 0 Å². The van der Waals surface area contributed by atoms with Crippen LogP contribution in [0.25, 0.3) is 0 Å². The minimum Gasteiger partial charge on any atom is -0.384 e. The lowest BCUT2D eigenvalue weighted by atomic mass is 10.1. The zero-order chi connectivity index (χ0) is 8.97. The average Bonchev–Trinajstić information content (AvgIpc) is 2.17. The summed E-state index contributed by atoms with van der Waals surface area (Å²) in [6.07, 6.45) is 0.789. The van der Waals surface area contributed by atoms with Gasteiger partial charge in [-0.1, -0.05) is 6.07 Å². The van der Waals surface area contributed by atoms with E-state index >= 15 is 0 Å². The zero-order valence-electron chi connectivity index (χ0n) is 7.27. The molecule has 0 unspecified atom stereocenters. The number of aliphatic hydroxyl groups is 1. The fourth-order valence-electron chi connectivity index (χ4n) is 0.920. The van der Waals surface area contributed by atoms with Crippen molar-refractivity contribution in [3.63, 3.8) is 0 Å². The second kappa shape index (κ2) is 4.18. The summed E-state index contributed by atoms with van der Waals surface area (Å²) in [4.78, 5) is 4.02. The van der Waals surface area contributed by atoms with Crippen LogP contribution in [0.3, 0.4) is 0 Å². The quantitative estimate of drug-likeness (QED) is 0.734. The van der Waals surface area contributed by atoms with E-state index in [9.17, 15) is 5.11 Å². The largest absolute Gasteiger partial charge is 0.384 e. The van der Waals surface area contributed by atoms with Crippen molar-refractivity contribution in [1.29, 1.82) is 0 Å². The van der Waals surface area contributed by atoms with Crippen LogP contribution in [0.1, 0.15) is 18.7 Å². The van der Waals surface area contributed by atoms with Crippen LogP contribution in [-0.4, -0.2) is 23.3 Å². The molecule has 0 aliphatic rings. The first-order chi connectivity index (χ1) is 5.75. The van der Waals surface area contributed by atoms with Gasteiger partial charge in [0, 0.05) is 13.3 Å². The Hall–Kier alpha value is -0.930. The van der Waals surface area contributed by atoms with Gasteiger partial charge in [-0.15, -0.1) is 0 Å². The average molecular weight is 167 g/mol. The van der Waals surface area contributed by atoms with Gasteiger partial charge in [0.05, 0.1) is 11.8 Å². The molecule has 1 rings (SSSR count). The molecule has 1 heterocycles. The SMILES string of the molecule is CO[C@@H](C)[C@H](O)c1ccccn1. The molecule has 12 heavy (non-hydrogen) atoms. The Morgan fingerprint density at radius 2 is 2.25 bits per heavy atom. The van der Waals surface area contributed by atoms with Gasteiger partial charge < -0.3 is 9.84 Å². The second-order valence-corrected chi connectivity index (χ2v) is 2.64. The van der Waals surface area contributed by atoms with Crippen molar-refractivity contribution < 1.29 is 9.84 Å². The molecule has 0 aliphatic heterocycles. The monoisotopic (exact) mass is 167 g/mol. The molecule has 1 aromatic heterocycles. The summed E-state index contributed by atoms with van der Waals surface area (Å²) < 4.78 is 4.98. The zero-order valence-corrected chi connectivity index (χ0v) is 7.27. The number of hydrogen-bond acceptors (Lipinski definition) is 3. The predicted molar refractivity (Wildman–Crippen MR) is 45.7 cm³/mol. The van der Waals surface area contributed by atoms with Crippen molar-refractivity contribution in [3.05, 3.63) is 30.1 Å². The van der Waals surface area contributed by atoms with E-state index in [1.807, 2.05) is 12.1 Å². The summed E-state index contributed by atoms with van der Waals surface area (Å²) in [6, 6.07) is 5.43. The Morgan fingerprint density at radius 1 is 1.50 bits per heavy atom. The maximum atomic E-state index is 9.60. The Kier molecular flexibility index (Phi) is 3.19. The van der Waals surface area contributed by atoms with Crippen LogP contribution >= 0.6 is 0 Å². The summed E-state index contributed by atoms with van der Waals surface area (Å²) in [6.45, 7) is 1.80. The van der Waals surface area contributed by atoms with E-state index in [0.29, 0.717) is 5.69 Å². The molecule has 0 spiro atoms. The number of nitrogens with zero attached hydrogens (tertiary/aromatic N) is 1. The molecular weight excluding hydrogens is 154 g/mol. The Labute approximate surface area is 72.0 Å². The molecule has 0 radical (unpaired) electrons. The molecule has 0 aliphatic carbocycles. The highest BCUT2D eigenvalue weighted by atomic mass is 16.5. The fourth-order valence-corrected chi connectivity index (χ4v) is 0.920. The maximum absolute atomic E-state index is 9.60. The highest BCUT2D eigenvalue weighted by Crippen LogP contribution is 2.14. The summed E-state index contributed by atoms with van der Waals surface area (Å²) in [5.41, 5.74) is 0.645. The van der Waals surface area contributed by atoms with E-state index in [1.54, 1.807) is 26.3 Å². The lowest BCUT2D eigenvalue weighted by Crippen LogP contribution is -2.17. The van der Waals surface area contributed by atoms with Gasteiger partial charge in [-0.2, -0.15) is 0 Å². The molecule has 0 fully saturated rings. The van der Waals surface area contributed by atoms with Crippen molar-refractivity contribution >= 4 is 0 Å². The molecule has 3 nitrogen and oxygen atoms in total. The number of methoxy groups -OCH3 is 1. The van der Waals surface area contributed by atoms with E-state index in [0.717, 1.165) is 0 Å². The highest BCUT2D eigenvalue weighted by molar-refractivity contribution is 5.07. The van der Waals surface area contributed by atoms with Crippen LogP contribution in [0.2, 0.25) is 0 Å². The van der Waals surface area contributed by atoms with Gasteiger partial charge in [-0.25, -0.2) is 0 Å². The number of hydrogen-bond donors (Lipinski definition) is 1. The van der Waals surface area contributed by atoms with Crippen LogP contribution in [0.5, 0.6) is 0 Å². The third-order valence-electron chi connectivity index (χ3n) is 1.81. The predicted octanol–water partition coefficient (Wildman–Crippen LogP) is 1.15. The third-order valence-corrected chi connectivity index (χ3v) is 1.81. The van der Waals surface area contributed by atoms with Gasteiger partial charge in [-0.3, -0.25) is 4.98 Å². The Bertz CT molecular complexity index is 225. The van der Waals surface area contributed by atoms with E-state index in [1.165, 1.54) is 0 Å². The molecule has 1 N–H and O–H groups in total. The van der Waals surface area contributed by atoms with Crippen LogP contribution < -0.4 is 0 Å². The lowest BCUT2D eigenvalue weighted by molar-refractivity contribution is -0.00358. The number of ether oxygens (including phenoxy) is 1. The van der Waals surface area contributed by atoms with Gasteiger partial charge in [-0.05, 0) is 19.1 Å². The maximum Gasteiger partial charge on any atom is 0.122 e. The Balaban J connectivity index is 2.71. The molecular formula is C9H13NO2. The molecule has 66 valence electrons. The van der Waals surface area contributed by atoms with Crippen molar-refractivity contribution in [3.8, 4) is 0 Å². The summed E-state index contributed by atoms with van der Waals surface area (Å²) >= 11 is 0. The highest BCUT2D eigenvalue weighted by Gasteiger charge is 2.15. The first-order valence-corrected chi connectivity index (χ1v) is 3.87. The lowest BCUT2D eigenvalue weighted by Gasteiger charge is -2.16. The van der Waals surface area contributed by atoms with Crippen molar-refractivity contribution in [2.75, 3.05) is 7.11 Å². The van der Waals surface area contributed by atoms with Crippen LogP contribution in [0.4, 0.5) is 0 Å². The number of pyridine rings is 1. The summed E-state index contributed by atoms with van der Waals surface area (Å²) in [5.74, 6) is 0. The third kappa shape index (κ3) is 2.03. The molecule has 0 aromatic carbocycles. The van der Waals surface area contributed by atoms with Gasteiger partial charge >= 0.3 is 0 Å². The second-order valence-electron chi connectivity index (χ2n) is 2.64. The smallest absolute Gasteiger partial charge is 0.122 e. The fraction of sp³-hybridized carbons (Fsp3) is 0.444. The number of aliphatic hydroxyl groups excluding tert-OH is 1. The van der Waals surface area contributed by atoms with Gasteiger partial charge in [0.1, 0.15) is 6.10 Å². The van der Waals surface area contributed by atoms with Crippen LogP contribution in [-0.2, 0) is 4.74 Å². The van der Waals surface area contributed by atoms with E-state index < -0.39 is 6.10 Å². The van der Waals surface area contributed by atoms with Gasteiger partial charge in [0.25, 0.3) is 0 Å². The van der Waals surface area contributed by atoms with Gasteiger partial charge in [0.15, 0.2) is 0 Å². The molecule has 0 amide bonds. The minimum atomic E-state index is -0.642. The van der Waals surface area contributed by atoms with Crippen molar-refractivity contribution in [2.24, 2.45) is 0 Å². The topological polar surface area (TPSA) is 42.4 Å². The van der Waals surface area contributed by atoms with E-state index in [2.05, 4.69) is 4.98 Å². The summed E-state index contributed by atoms with van der Waals surface area (Å²) in [7, 11) is 1.57. The van der Waals surface area contributed by atoms with Crippen LogP contribution in [0.15, 0.2) is 24.4 Å². The van der Waals surface area contributed by atoms with Crippen molar-refractivity contribution in [2.45, 2.75) is 19.1 Å². The first kappa shape index (κ1) is 9.16. The number of rotatable bonds is 3. The normalized spacial score (nSPS) is 15.6. The molecule has 0 saturated heterocycles. The molecule has 0 saturated carbocycles. The first-order valence-electron chi connectivity index (χ1n) is 3.87. The minimum absolute atomic E-state index is 0.222. The molecule has 3 heteroatoms. The van der Waals surface area contributed by atoms with E-state index in [4.69, 9.17) is 4.74 Å².